The highest BCUT2D eigenvalue weighted by molar-refractivity contribution is 5.76. The predicted molar refractivity (Wildman–Crippen MR) is 63.6 cm³/mol. The highest BCUT2D eigenvalue weighted by Crippen LogP contribution is 2.18. The van der Waals surface area contributed by atoms with Crippen molar-refractivity contribution in [3.8, 4) is 0 Å². The molecule has 0 aliphatic carbocycles. The van der Waals surface area contributed by atoms with Crippen LogP contribution in [0.2, 0.25) is 0 Å². The smallest absolute Gasteiger partial charge is 0.221 e. The lowest BCUT2D eigenvalue weighted by atomic mass is 9.97. The SMILES string of the molecule is NC(=O)[C@H]1CCCN(Cc2cccc(F)c2)C1. The van der Waals surface area contributed by atoms with E-state index in [0.29, 0.717) is 13.1 Å². The Morgan fingerprint density at radius 1 is 1.53 bits per heavy atom. The van der Waals surface area contributed by atoms with Crippen LogP contribution in [-0.2, 0) is 11.3 Å². The maximum Gasteiger partial charge on any atom is 0.221 e. The maximum absolute atomic E-state index is 13.0. The fourth-order valence-electron chi connectivity index (χ4n) is 2.32. The number of primary amides is 1. The first-order valence-corrected chi connectivity index (χ1v) is 5.91. The van der Waals surface area contributed by atoms with Gasteiger partial charge in [-0.15, -0.1) is 0 Å². The first-order valence-electron chi connectivity index (χ1n) is 5.91. The second-order valence-corrected chi connectivity index (χ2v) is 4.61. The van der Waals surface area contributed by atoms with Crippen molar-refractivity contribution >= 4 is 5.91 Å². The van der Waals surface area contributed by atoms with Crippen LogP contribution >= 0.6 is 0 Å². The van der Waals surface area contributed by atoms with E-state index in [2.05, 4.69) is 4.90 Å². The van der Waals surface area contributed by atoms with E-state index in [9.17, 15) is 9.18 Å². The number of nitrogens with zero attached hydrogens (tertiary/aromatic N) is 1. The minimum Gasteiger partial charge on any atom is -0.369 e. The van der Waals surface area contributed by atoms with Gasteiger partial charge in [-0.25, -0.2) is 4.39 Å². The Labute approximate surface area is 100 Å². The van der Waals surface area contributed by atoms with Crippen molar-refractivity contribution in [2.24, 2.45) is 11.7 Å². The molecule has 0 bridgehead atoms. The lowest BCUT2D eigenvalue weighted by Crippen LogP contribution is -2.40. The molecule has 1 amide bonds. The van der Waals surface area contributed by atoms with Gasteiger partial charge in [0.1, 0.15) is 5.82 Å². The normalized spacial score (nSPS) is 21.4. The average molecular weight is 236 g/mol. The molecule has 1 aliphatic rings. The van der Waals surface area contributed by atoms with Crippen molar-refractivity contribution in [1.82, 2.24) is 4.90 Å². The highest BCUT2D eigenvalue weighted by atomic mass is 19.1. The lowest BCUT2D eigenvalue weighted by Gasteiger charge is -2.31. The monoisotopic (exact) mass is 236 g/mol. The number of carbonyl (C=O) groups excluding carboxylic acids is 1. The quantitative estimate of drug-likeness (QED) is 0.865. The summed E-state index contributed by atoms with van der Waals surface area (Å²) in [5.74, 6) is -0.503. The third kappa shape index (κ3) is 3.27. The van der Waals surface area contributed by atoms with Crippen molar-refractivity contribution in [3.63, 3.8) is 0 Å². The molecule has 3 nitrogen and oxygen atoms in total. The van der Waals surface area contributed by atoms with E-state index in [1.165, 1.54) is 12.1 Å². The molecule has 0 radical (unpaired) electrons. The molecular formula is C13H17FN2O. The molecule has 1 fully saturated rings. The van der Waals surface area contributed by atoms with Crippen molar-refractivity contribution in [1.29, 1.82) is 0 Å². The summed E-state index contributed by atoms with van der Waals surface area (Å²) in [6.45, 7) is 2.31. The summed E-state index contributed by atoms with van der Waals surface area (Å²) in [6, 6.07) is 6.58. The van der Waals surface area contributed by atoms with Gasteiger partial charge in [-0.2, -0.15) is 0 Å². The average Bonchev–Trinajstić information content (AvgIpc) is 2.29. The Bertz CT molecular complexity index is 408. The van der Waals surface area contributed by atoms with Crippen LogP contribution in [0.15, 0.2) is 24.3 Å². The van der Waals surface area contributed by atoms with E-state index in [1.54, 1.807) is 6.07 Å². The molecule has 1 aromatic rings. The third-order valence-electron chi connectivity index (χ3n) is 3.20. The molecule has 1 saturated heterocycles. The van der Waals surface area contributed by atoms with Crippen LogP contribution in [0, 0.1) is 11.7 Å². The Morgan fingerprint density at radius 2 is 2.35 bits per heavy atom. The van der Waals surface area contributed by atoms with Crippen LogP contribution in [-0.4, -0.2) is 23.9 Å². The van der Waals surface area contributed by atoms with Gasteiger partial charge in [-0.3, -0.25) is 9.69 Å². The number of carbonyl (C=O) groups is 1. The molecule has 92 valence electrons. The van der Waals surface area contributed by atoms with Crippen molar-refractivity contribution in [2.75, 3.05) is 13.1 Å². The van der Waals surface area contributed by atoms with Crippen LogP contribution in [0.4, 0.5) is 4.39 Å². The number of benzene rings is 1. The molecule has 1 atom stereocenters. The minimum atomic E-state index is -0.228. The molecule has 2 N–H and O–H groups in total. The summed E-state index contributed by atoms with van der Waals surface area (Å²) in [6.07, 6.45) is 1.85. The molecule has 0 spiro atoms. The van der Waals surface area contributed by atoms with Gasteiger partial charge < -0.3 is 5.73 Å². The van der Waals surface area contributed by atoms with Gasteiger partial charge in [-0.1, -0.05) is 12.1 Å². The molecule has 2 rings (SSSR count). The molecule has 0 saturated carbocycles. The molecule has 1 heterocycles. The van der Waals surface area contributed by atoms with Crippen LogP contribution in [0.5, 0.6) is 0 Å². The Kier molecular flexibility index (Phi) is 3.74. The summed E-state index contributed by atoms with van der Waals surface area (Å²) >= 11 is 0. The van der Waals surface area contributed by atoms with Crippen molar-refractivity contribution < 1.29 is 9.18 Å². The van der Waals surface area contributed by atoms with Crippen molar-refractivity contribution in [2.45, 2.75) is 19.4 Å². The van der Waals surface area contributed by atoms with Crippen LogP contribution in [0.1, 0.15) is 18.4 Å². The molecule has 1 aromatic carbocycles. The number of likely N-dealkylation sites (tertiary alicyclic amines) is 1. The van der Waals surface area contributed by atoms with E-state index in [0.717, 1.165) is 24.9 Å². The molecule has 1 aliphatic heterocycles. The summed E-state index contributed by atoms with van der Waals surface area (Å²) in [7, 11) is 0. The summed E-state index contributed by atoms with van der Waals surface area (Å²) in [5.41, 5.74) is 6.26. The fraction of sp³-hybridized carbons (Fsp3) is 0.462. The summed E-state index contributed by atoms with van der Waals surface area (Å²) < 4.78 is 13.0. The van der Waals surface area contributed by atoms with Gasteiger partial charge in [0.05, 0.1) is 5.92 Å². The lowest BCUT2D eigenvalue weighted by molar-refractivity contribution is -0.123. The van der Waals surface area contributed by atoms with E-state index in [1.807, 2.05) is 6.07 Å². The zero-order valence-corrected chi connectivity index (χ0v) is 9.73. The molecular weight excluding hydrogens is 219 g/mol. The number of amides is 1. The van der Waals surface area contributed by atoms with E-state index < -0.39 is 0 Å². The third-order valence-corrected chi connectivity index (χ3v) is 3.20. The van der Waals surface area contributed by atoms with Crippen LogP contribution in [0.25, 0.3) is 0 Å². The second-order valence-electron chi connectivity index (χ2n) is 4.61. The van der Waals surface area contributed by atoms with E-state index in [4.69, 9.17) is 5.73 Å². The van der Waals surface area contributed by atoms with Gasteiger partial charge in [0, 0.05) is 13.1 Å². The summed E-state index contributed by atoms with van der Waals surface area (Å²) in [4.78, 5) is 13.3. The number of halogens is 1. The van der Waals surface area contributed by atoms with Gasteiger partial charge >= 0.3 is 0 Å². The molecule has 17 heavy (non-hydrogen) atoms. The number of hydrogen-bond acceptors (Lipinski definition) is 2. The zero-order valence-electron chi connectivity index (χ0n) is 9.73. The maximum atomic E-state index is 13.0. The molecule has 0 unspecified atom stereocenters. The van der Waals surface area contributed by atoms with Crippen LogP contribution < -0.4 is 5.73 Å². The van der Waals surface area contributed by atoms with Crippen molar-refractivity contribution in [3.05, 3.63) is 35.6 Å². The Balaban J connectivity index is 1.97. The van der Waals surface area contributed by atoms with Gasteiger partial charge in [-0.05, 0) is 37.1 Å². The second kappa shape index (κ2) is 5.27. The number of piperidine rings is 1. The van der Waals surface area contributed by atoms with Gasteiger partial charge in [0.2, 0.25) is 5.91 Å². The van der Waals surface area contributed by atoms with Gasteiger partial charge in [0.15, 0.2) is 0 Å². The summed E-state index contributed by atoms with van der Waals surface area (Å²) in [5, 5.41) is 0. The van der Waals surface area contributed by atoms with Gasteiger partial charge in [0.25, 0.3) is 0 Å². The fourth-order valence-corrected chi connectivity index (χ4v) is 2.32. The minimum absolute atomic E-state index is 0.0580. The number of rotatable bonds is 3. The first-order chi connectivity index (χ1) is 8.15. The Hall–Kier alpha value is -1.42. The number of nitrogens with two attached hydrogens (primary N) is 1. The van der Waals surface area contributed by atoms with Crippen LogP contribution in [0.3, 0.4) is 0 Å². The molecule has 0 aromatic heterocycles. The Morgan fingerprint density at radius 3 is 3.06 bits per heavy atom. The topological polar surface area (TPSA) is 46.3 Å². The largest absolute Gasteiger partial charge is 0.369 e. The zero-order chi connectivity index (χ0) is 12.3. The highest BCUT2D eigenvalue weighted by Gasteiger charge is 2.23. The standard InChI is InChI=1S/C13H17FN2O/c14-12-5-1-3-10(7-12)8-16-6-2-4-11(9-16)13(15)17/h1,3,5,7,11H,2,4,6,8-9H2,(H2,15,17)/t11-/m0/s1. The van der Waals surface area contributed by atoms with E-state index in [-0.39, 0.29) is 17.6 Å². The number of hydrogen-bond donors (Lipinski definition) is 1. The molecule has 4 heteroatoms. The predicted octanol–water partition coefficient (Wildman–Crippen LogP) is 1.52. The van der Waals surface area contributed by atoms with E-state index >= 15 is 0 Å². The first kappa shape index (κ1) is 12.0.